The van der Waals surface area contributed by atoms with E-state index in [1.807, 2.05) is 0 Å². The lowest BCUT2D eigenvalue weighted by molar-refractivity contribution is -0.120. The SMILES string of the molecule is O=NC1SCCNC1=O. The summed E-state index contributed by atoms with van der Waals surface area (Å²) in [6.45, 7) is 0.648. The van der Waals surface area contributed by atoms with Gasteiger partial charge in [-0.25, -0.2) is 0 Å². The Balaban J connectivity index is 2.48. The van der Waals surface area contributed by atoms with Crippen molar-refractivity contribution in [3.8, 4) is 0 Å². The summed E-state index contributed by atoms with van der Waals surface area (Å²) in [7, 11) is 0. The molecule has 4 nitrogen and oxygen atoms in total. The number of nitrogens with zero attached hydrogens (tertiary/aromatic N) is 1. The molecule has 0 aromatic carbocycles. The second-order valence-corrected chi connectivity index (χ2v) is 2.81. The predicted molar refractivity (Wildman–Crippen MR) is 35.1 cm³/mol. The molecule has 0 aromatic heterocycles. The fourth-order valence-electron chi connectivity index (χ4n) is 0.586. The largest absolute Gasteiger partial charge is 0.353 e. The van der Waals surface area contributed by atoms with Crippen LogP contribution >= 0.6 is 11.8 Å². The molecular weight excluding hydrogens is 140 g/mol. The van der Waals surface area contributed by atoms with Crippen LogP contribution in [-0.4, -0.2) is 23.6 Å². The minimum absolute atomic E-state index is 0.263. The molecule has 1 fully saturated rings. The molecule has 0 bridgehead atoms. The minimum Gasteiger partial charge on any atom is -0.353 e. The maximum absolute atomic E-state index is 10.6. The van der Waals surface area contributed by atoms with Crippen LogP contribution in [0.2, 0.25) is 0 Å². The monoisotopic (exact) mass is 146 g/mol. The van der Waals surface area contributed by atoms with E-state index >= 15 is 0 Å². The molecular formula is C4H6N2O2S. The highest BCUT2D eigenvalue weighted by atomic mass is 32.2. The van der Waals surface area contributed by atoms with Crippen LogP contribution < -0.4 is 5.32 Å². The van der Waals surface area contributed by atoms with E-state index in [1.165, 1.54) is 11.8 Å². The Morgan fingerprint density at radius 1 is 1.78 bits per heavy atom. The first-order valence-electron chi connectivity index (χ1n) is 2.56. The molecule has 0 radical (unpaired) electrons. The molecule has 1 atom stereocenters. The van der Waals surface area contributed by atoms with E-state index in [-0.39, 0.29) is 5.91 Å². The lowest BCUT2D eigenvalue weighted by Crippen LogP contribution is -2.37. The van der Waals surface area contributed by atoms with E-state index in [9.17, 15) is 9.70 Å². The topological polar surface area (TPSA) is 58.5 Å². The molecule has 0 aliphatic carbocycles. The summed E-state index contributed by atoms with van der Waals surface area (Å²) in [5, 5.41) is 4.45. The van der Waals surface area contributed by atoms with Crippen molar-refractivity contribution >= 4 is 17.7 Å². The van der Waals surface area contributed by atoms with Crippen molar-refractivity contribution in [1.82, 2.24) is 5.32 Å². The van der Waals surface area contributed by atoms with E-state index in [0.29, 0.717) is 6.54 Å². The minimum atomic E-state index is -0.709. The van der Waals surface area contributed by atoms with Gasteiger partial charge in [0.1, 0.15) is 0 Å². The second kappa shape index (κ2) is 2.82. The van der Waals surface area contributed by atoms with E-state index in [2.05, 4.69) is 10.5 Å². The summed E-state index contributed by atoms with van der Waals surface area (Å²) in [6.07, 6.45) is 0. The highest BCUT2D eigenvalue weighted by molar-refractivity contribution is 8.00. The molecule has 1 aliphatic rings. The molecule has 1 heterocycles. The van der Waals surface area contributed by atoms with Crippen LogP contribution in [0.3, 0.4) is 0 Å². The number of carbonyl (C=O) groups is 1. The van der Waals surface area contributed by atoms with Crippen LogP contribution in [0.5, 0.6) is 0 Å². The van der Waals surface area contributed by atoms with Gasteiger partial charge < -0.3 is 5.32 Å². The molecule has 1 N–H and O–H groups in total. The van der Waals surface area contributed by atoms with E-state index in [4.69, 9.17) is 0 Å². The Labute approximate surface area is 56.4 Å². The van der Waals surface area contributed by atoms with Crippen molar-refractivity contribution in [1.29, 1.82) is 0 Å². The Morgan fingerprint density at radius 2 is 2.56 bits per heavy atom. The smallest absolute Gasteiger partial charge is 0.258 e. The average molecular weight is 146 g/mol. The third kappa shape index (κ3) is 1.41. The molecule has 1 unspecified atom stereocenters. The van der Waals surface area contributed by atoms with E-state index in [0.717, 1.165) is 5.75 Å². The molecule has 1 saturated heterocycles. The fraction of sp³-hybridized carbons (Fsp3) is 0.750. The van der Waals surface area contributed by atoms with Gasteiger partial charge in [0.25, 0.3) is 5.91 Å². The summed E-state index contributed by atoms with van der Waals surface area (Å²) >= 11 is 1.28. The number of thioether (sulfide) groups is 1. The fourth-order valence-corrected chi connectivity index (χ4v) is 1.32. The van der Waals surface area contributed by atoms with Crippen molar-refractivity contribution in [2.45, 2.75) is 5.37 Å². The first kappa shape index (κ1) is 6.54. The van der Waals surface area contributed by atoms with Gasteiger partial charge in [-0.3, -0.25) is 4.79 Å². The first-order chi connectivity index (χ1) is 4.34. The zero-order chi connectivity index (χ0) is 6.69. The summed E-state index contributed by atoms with van der Waals surface area (Å²) < 4.78 is 0. The van der Waals surface area contributed by atoms with Gasteiger partial charge in [-0.1, -0.05) is 0 Å². The van der Waals surface area contributed by atoms with Crippen LogP contribution in [0.1, 0.15) is 0 Å². The van der Waals surface area contributed by atoms with E-state index in [1.54, 1.807) is 0 Å². The third-order valence-electron chi connectivity index (χ3n) is 0.997. The molecule has 9 heavy (non-hydrogen) atoms. The van der Waals surface area contributed by atoms with Gasteiger partial charge in [0.2, 0.25) is 5.37 Å². The van der Waals surface area contributed by atoms with Gasteiger partial charge in [-0.15, -0.1) is 16.7 Å². The van der Waals surface area contributed by atoms with Crippen molar-refractivity contribution in [3.63, 3.8) is 0 Å². The highest BCUT2D eigenvalue weighted by Crippen LogP contribution is 2.14. The van der Waals surface area contributed by atoms with Gasteiger partial charge >= 0.3 is 0 Å². The maximum atomic E-state index is 10.6. The van der Waals surface area contributed by atoms with Crippen molar-refractivity contribution < 1.29 is 4.79 Å². The Morgan fingerprint density at radius 3 is 3.00 bits per heavy atom. The molecule has 0 aromatic rings. The maximum Gasteiger partial charge on any atom is 0.258 e. The van der Waals surface area contributed by atoms with E-state index < -0.39 is 5.37 Å². The molecule has 1 aliphatic heterocycles. The molecule has 5 heteroatoms. The number of carbonyl (C=O) groups excluding carboxylic acids is 1. The summed E-state index contributed by atoms with van der Waals surface area (Å²) in [4.78, 5) is 20.4. The predicted octanol–water partition coefficient (Wildman–Crippen LogP) is -0.0581. The quantitative estimate of drug-likeness (QED) is 0.527. The highest BCUT2D eigenvalue weighted by Gasteiger charge is 2.22. The Kier molecular flexibility index (Phi) is 2.05. The number of nitroso groups, excluding NO2 is 1. The number of nitrogens with one attached hydrogen (secondary N) is 1. The normalized spacial score (nSPS) is 27.1. The number of amides is 1. The van der Waals surface area contributed by atoms with Crippen molar-refractivity contribution in [2.24, 2.45) is 5.18 Å². The van der Waals surface area contributed by atoms with Crippen LogP contribution in [0.4, 0.5) is 0 Å². The van der Waals surface area contributed by atoms with Gasteiger partial charge in [-0.05, 0) is 5.18 Å². The average Bonchev–Trinajstić information content (AvgIpc) is 1.89. The summed E-state index contributed by atoms with van der Waals surface area (Å²) in [5.74, 6) is 0.517. The molecule has 1 rings (SSSR count). The summed E-state index contributed by atoms with van der Waals surface area (Å²) in [6, 6.07) is 0. The van der Waals surface area contributed by atoms with Crippen LogP contribution in [0.25, 0.3) is 0 Å². The molecule has 0 spiro atoms. The van der Waals surface area contributed by atoms with Gasteiger partial charge in [-0.2, -0.15) is 0 Å². The lowest BCUT2D eigenvalue weighted by Gasteiger charge is -2.14. The standard InChI is InChI=1S/C4H6N2O2S/c7-3-4(6-8)9-2-1-5-3/h4H,1-2H2,(H,5,7). The number of hydrogen-bond donors (Lipinski definition) is 1. The molecule has 0 saturated carbocycles. The first-order valence-corrected chi connectivity index (χ1v) is 3.61. The van der Waals surface area contributed by atoms with Gasteiger partial charge in [0, 0.05) is 12.3 Å². The van der Waals surface area contributed by atoms with Crippen LogP contribution in [0.15, 0.2) is 5.18 Å². The van der Waals surface area contributed by atoms with Crippen LogP contribution in [0, 0.1) is 4.91 Å². The van der Waals surface area contributed by atoms with Crippen LogP contribution in [-0.2, 0) is 4.79 Å². The molecule has 50 valence electrons. The number of rotatable bonds is 1. The Hall–Kier alpha value is -0.580. The Bertz CT molecular complexity index is 139. The van der Waals surface area contributed by atoms with Crippen molar-refractivity contribution in [3.05, 3.63) is 4.91 Å². The summed E-state index contributed by atoms with van der Waals surface area (Å²) in [5.41, 5.74) is 0. The molecule has 1 amide bonds. The van der Waals surface area contributed by atoms with Gasteiger partial charge in [0.05, 0.1) is 0 Å². The van der Waals surface area contributed by atoms with Crippen molar-refractivity contribution in [2.75, 3.05) is 12.3 Å². The van der Waals surface area contributed by atoms with Gasteiger partial charge in [0.15, 0.2) is 0 Å². The second-order valence-electron chi connectivity index (χ2n) is 1.62. The number of hydrogen-bond acceptors (Lipinski definition) is 4. The zero-order valence-electron chi connectivity index (χ0n) is 4.66. The third-order valence-corrected chi connectivity index (χ3v) is 2.05. The lowest BCUT2D eigenvalue weighted by atomic mass is 10.5. The zero-order valence-corrected chi connectivity index (χ0v) is 5.48.